The quantitative estimate of drug-likeness (QED) is 0.514. The zero-order valence-corrected chi connectivity index (χ0v) is 9.67. The highest BCUT2D eigenvalue weighted by molar-refractivity contribution is 5.95. The predicted octanol–water partition coefficient (Wildman–Crippen LogP) is 0.906. The molecule has 0 aromatic carbocycles. The van der Waals surface area contributed by atoms with E-state index in [0.29, 0.717) is 12.8 Å². The topological polar surface area (TPSA) is 125 Å². The Morgan fingerprint density at radius 2 is 2.28 bits per heavy atom. The van der Waals surface area contributed by atoms with Crippen molar-refractivity contribution < 1.29 is 19.6 Å². The van der Waals surface area contributed by atoms with E-state index in [2.05, 4.69) is 10.3 Å². The number of hydrogen-bond donors (Lipinski definition) is 3. The minimum absolute atomic E-state index is 0.0379. The zero-order valence-electron chi connectivity index (χ0n) is 9.67. The molecule has 0 spiro atoms. The molecule has 1 aromatic rings. The van der Waals surface area contributed by atoms with E-state index in [1.165, 1.54) is 0 Å². The van der Waals surface area contributed by atoms with Gasteiger partial charge in [-0.2, -0.15) is 0 Å². The lowest BCUT2D eigenvalue weighted by atomic mass is 10.1. The molecule has 0 radical (unpaired) electrons. The maximum atomic E-state index is 11.6. The summed E-state index contributed by atoms with van der Waals surface area (Å²) in [5.74, 6) is -1.81. The number of hydrogen-bond acceptors (Lipinski definition) is 4. The number of H-pyrrole nitrogens is 1. The zero-order chi connectivity index (χ0) is 13.7. The van der Waals surface area contributed by atoms with Crippen LogP contribution in [0.3, 0.4) is 0 Å². The summed E-state index contributed by atoms with van der Waals surface area (Å²) in [6, 6.07) is 0.0602. The molecule has 0 saturated heterocycles. The highest BCUT2D eigenvalue weighted by Gasteiger charge is 2.21. The van der Waals surface area contributed by atoms with Gasteiger partial charge in [-0.05, 0) is 6.42 Å². The van der Waals surface area contributed by atoms with Crippen LogP contribution in [0.1, 0.15) is 30.3 Å². The molecular formula is C10H13N3O5. The second-order valence-corrected chi connectivity index (χ2v) is 3.68. The average Bonchev–Trinajstić information content (AvgIpc) is 2.77. The smallest absolute Gasteiger partial charge is 0.326 e. The number of nitrogens with zero attached hydrogens (tertiary/aromatic N) is 1. The van der Waals surface area contributed by atoms with Gasteiger partial charge in [0.25, 0.3) is 11.6 Å². The molecule has 3 N–H and O–H groups in total. The van der Waals surface area contributed by atoms with E-state index in [1.54, 1.807) is 6.92 Å². The van der Waals surface area contributed by atoms with Gasteiger partial charge >= 0.3 is 5.97 Å². The third-order valence-corrected chi connectivity index (χ3v) is 2.30. The molecule has 0 aliphatic rings. The molecule has 8 nitrogen and oxygen atoms in total. The number of rotatable bonds is 6. The fraction of sp³-hybridized carbons (Fsp3) is 0.400. The molecule has 1 unspecified atom stereocenters. The second-order valence-electron chi connectivity index (χ2n) is 3.68. The summed E-state index contributed by atoms with van der Waals surface area (Å²) in [5, 5.41) is 21.6. The first-order valence-corrected chi connectivity index (χ1v) is 5.32. The Labute approximate surface area is 102 Å². The van der Waals surface area contributed by atoms with Crippen molar-refractivity contribution in [3.8, 4) is 0 Å². The molecule has 98 valence electrons. The van der Waals surface area contributed by atoms with Gasteiger partial charge in [0.15, 0.2) is 0 Å². The molecule has 1 aromatic heterocycles. The van der Waals surface area contributed by atoms with Gasteiger partial charge in [0.05, 0.1) is 11.1 Å². The van der Waals surface area contributed by atoms with Crippen LogP contribution in [0.5, 0.6) is 0 Å². The first-order chi connectivity index (χ1) is 8.45. The molecule has 0 bridgehead atoms. The SMILES string of the molecule is CCCC(NC(=O)c1cc([N+](=O)[O-])c[nH]1)C(=O)O. The maximum Gasteiger partial charge on any atom is 0.326 e. The largest absolute Gasteiger partial charge is 0.480 e. The molecule has 18 heavy (non-hydrogen) atoms. The van der Waals surface area contributed by atoms with Crippen molar-refractivity contribution in [1.29, 1.82) is 0 Å². The van der Waals surface area contributed by atoms with Crippen LogP contribution in [0.25, 0.3) is 0 Å². The van der Waals surface area contributed by atoms with E-state index in [4.69, 9.17) is 5.11 Å². The summed E-state index contributed by atoms with van der Waals surface area (Å²) in [4.78, 5) is 34.7. The summed E-state index contributed by atoms with van der Waals surface area (Å²) in [6.45, 7) is 1.79. The number of aromatic amines is 1. The number of carboxylic acid groups (broad SMARTS) is 1. The van der Waals surface area contributed by atoms with Crippen molar-refractivity contribution in [3.63, 3.8) is 0 Å². The Kier molecular flexibility index (Phi) is 4.41. The first kappa shape index (κ1) is 13.7. The third-order valence-electron chi connectivity index (χ3n) is 2.30. The van der Waals surface area contributed by atoms with E-state index in [9.17, 15) is 19.7 Å². The minimum Gasteiger partial charge on any atom is -0.480 e. The summed E-state index contributed by atoms with van der Waals surface area (Å²) < 4.78 is 0. The van der Waals surface area contributed by atoms with Gasteiger partial charge in [-0.15, -0.1) is 0 Å². The van der Waals surface area contributed by atoms with Crippen molar-refractivity contribution in [2.45, 2.75) is 25.8 Å². The van der Waals surface area contributed by atoms with Crippen molar-refractivity contribution >= 4 is 17.6 Å². The normalized spacial score (nSPS) is 11.8. The number of aliphatic carboxylic acids is 1. The predicted molar refractivity (Wildman–Crippen MR) is 61.2 cm³/mol. The van der Waals surface area contributed by atoms with Crippen molar-refractivity contribution in [2.24, 2.45) is 0 Å². The number of carbonyl (C=O) groups is 2. The second kappa shape index (κ2) is 5.80. The minimum atomic E-state index is -1.13. The van der Waals surface area contributed by atoms with Crippen LogP contribution in [-0.4, -0.2) is 32.9 Å². The lowest BCUT2D eigenvalue weighted by Crippen LogP contribution is -2.40. The van der Waals surface area contributed by atoms with Gasteiger partial charge in [-0.3, -0.25) is 14.9 Å². The molecule has 1 rings (SSSR count). The van der Waals surface area contributed by atoms with Gasteiger partial charge in [0, 0.05) is 6.07 Å². The fourth-order valence-corrected chi connectivity index (χ4v) is 1.40. The van der Waals surface area contributed by atoms with E-state index >= 15 is 0 Å². The van der Waals surface area contributed by atoms with Gasteiger partial charge in [-0.25, -0.2) is 4.79 Å². The van der Waals surface area contributed by atoms with E-state index in [-0.39, 0.29) is 11.4 Å². The Bertz CT molecular complexity index is 468. The highest BCUT2D eigenvalue weighted by atomic mass is 16.6. The Hall–Kier alpha value is -2.38. The number of carboxylic acids is 1. The monoisotopic (exact) mass is 255 g/mol. The van der Waals surface area contributed by atoms with Gasteiger partial charge in [-0.1, -0.05) is 13.3 Å². The van der Waals surface area contributed by atoms with Crippen LogP contribution < -0.4 is 5.32 Å². The van der Waals surface area contributed by atoms with Crippen LogP contribution in [0, 0.1) is 10.1 Å². The van der Waals surface area contributed by atoms with Crippen molar-refractivity contribution in [2.75, 3.05) is 0 Å². The average molecular weight is 255 g/mol. The van der Waals surface area contributed by atoms with Crippen molar-refractivity contribution in [3.05, 3.63) is 28.1 Å². The summed E-state index contributed by atoms with van der Waals surface area (Å²) >= 11 is 0. The highest BCUT2D eigenvalue weighted by Crippen LogP contribution is 2.12. The van der Waals surface area contributed by atoms with E-state index in [1.807, 2.05) is 0 Å². The molecule has 0 aliphatic heterocycles. The molecule has 1 amide bonds. The number of amides is 1. The molecule has 0 saturated carbocycles. The number of nitrogens with one attached hydrogen (secondary N) is 2. The first-order valence-electron chi connectivity index (χ1n) is 5.32. The van der Waals surface area contributed by atoms with Crippen LogP contribution in [-0.2, 0) is 4.79 Å². The summed E-state index contributed by atoms with van der Waals surface area (Å²) in [5.41, 5.74) is -0.286. The van der Waals surface area contributed by atoms with Crippen LogP contribution in [0.4, 0.5) is 5.69 Å². The molecule has 0 aliphatic carbocycles. The van der Waals surface area contributed by atoms with Gasteiger partial charge in [0.2, 0.25) is 0 Å². The van der Waals surface area contributed by atoms with Gasteiger partial charge < -0.3 is 15.4 Å². The van der Waals surface area contributed by atoms with E-state index in [0.717, 1.165) is 12.3 Å². The lowest BCUT2D eigenvalue weighted by molar-refractivity contribution is -0.384. The summed E-state index contributed by atoms with van der Waals surface area (Å²) in [7, 11) is 0. The van der Waals surface area contributed by atoms with Crippen molar-refractivity contribution in [1.82, 2.24) is 10.3 Å². The van der Waals surface area contributed by atoms with Crippen LogP contribution >= 0.6 is 0 Å². The Morgan fingerprint density at radius 3 is 2.72 bits per heavy atom. The van der Waals surface area contributed by atoms with E-state index < -0.39 is 22.8 Å². The summed E-state index contributed by atoms with van der Waals surface area (Å²) in [6.07, 6.45) is 1.97. The molecule has 1 atom stereocenters. The number of carbonyl (C=O) groups excluding carboxylic acids is 1. The van der Waals surface area contributed by atoms with Crippen LogP contribution in [0.2, 0.25) is 0 Å². The van der Waals surface area contributed by atoms with Gasteiger partial charge in [0.1, 0.15) is 11.7 Å². The molecular weight excluding hydrogens is 242 g/mol. The maximum absolute atomic E-state index is 11.6. The lowest BCUT2D eigenvalue weighted by Gasteiger charge is -2.12. The third kappa shape index (κ3) is 3.30. The molecule has 1 heterocycles. The Balaban J connectivity index is 2.74. The standard InChI is InChI=1S/C10H13N3O5/c1-2-3-7(10(15)16)12-9(14)8-4-6(5-11-8)13(17)18/h4-5,7,11H,2-3H2,1H3,(H,12,14)(H,15,16). The molecule has 0 fully saturated rings. The Morgan fingerprint density at radius 1 is 1.61 bits per heavy atom. The number of aromatic nitrogens is 1. The fourth-order valence-electron chi connectivity index (χ4n) is 1.40. The van der Waals surface area contributed by atoms with Crippen LogP contribution in [0.15, 0.2) is 12.3 Å². The molecule has 8 heteroatoms. The number of nitro groups is 1.